The molecule has 0 aliphatic heterocycles. The van der Waals surface area contributed by atoms with E-state index in [1.54, 1.807) is 23.3 Å². The maximum atomic E-state index is 14.2. The molecule has 8 nitrogen and oxygen atoms in total. The third-order valence-electron chi connectivity index (χ3n) is 7.47. The molecule has 1 heterocycles. The SMILES string of the molecule is NC(=O)N(CC(=O)N(Cc1ccco1)C1c2ccccc2CCC1Cc1ccccc1)c1cccc(C(=O)O)c1. The highest BCUT2D eigenvalue weighted by molar-refractivity contribution is 5.98. The zero-order valence-electron chi connectivity index (χ0n) is 22.0. The van der Waals surface area contributed by atoms with Crippen LogP contribution in [-0.2, 0) is 24.2 Å². The summed E-state index contributed by atoms with van der Waals surface area (Å²) in [7, 11) is 0. The van der Waals surface area contributed by atoms with Crippen molar-refractivity contribution in [1.82, 2.24) is 4.90 Å². The Kier molecular flexibility index (Phi) is 7.96. The van der Waals surface area contributed by atoms with E-state index >= 15 is 0 Å². The maximum Gasteiger partial charge on any atom is 0.335 e. The highest BCUT2D eigenvalue weighted by atomic mass is 16.4. The zero-order valence-corrected chi connectivity index (χ0v) is 22.0. The number of aryl methyl sites for hydroxylation is 1. The predicted molar refractivity (Wildman–Crippen MR) is 151 cm³/mol. The molecule has 3 aromatic carbocycles. The van der Waals surface area contributed by atoms with Crippen LogP contribution in [-0.4, -0.2) is 34.5 Å². The number of carboxylic acids is 1. The lowest BCUT2D eigenvalue weighted by molar-refractivity contribution is -0.134. The summed E-state index contributed by atoms with van der Waals surface area (Å²) in [6.07, 6.45) is 4.14. The van der Waals surface area contributed by atoms with E-state index in [9.17, 15) is 19.5 Å². The first-order valence-electron chi connectivity index (χ1n) is 13.2. The Morgan fingerprint density at radius 3 is 2.42 bits per heavy atom. The molecule has 0 spiro atoms. The summed E-state index contributed by atoms with van der Waals surface area (Å²) < 4.78 is 5.66. The van der Waals surface area contributed by atoms with Crippen molar-refractivity contribution in [3.05, 3.63) is 125 Å². The van der Waals surface area contributed by atoms with Crippen LogP contribution >= 0.6 is 0 Å². The number of carbonyl (C=O) groups is 3. The third-order valence-corrected chi connectivity index (χ3v) is 7.47. The molecule has 40 heavy (non-hydrogen) atoms. The molecule has 5 rings (SSSR count). The van der Waals surface area contributed by atoms with Crippen LogP contribution in [0, 0.1) is 5.92 Å². The van der Waals surface area contributed by atoms with Crippen LogP contribution in [0.1, 0.15) is 45.3 Å². The quantitative estimate of drug-likeness (QED) is 0.295. The summed E-state index contributed by atoms with van der Waals surface area (Å²) in [4.78, 5) is 41.2. The van der Waals surface area contributed by atoms with E-state index in [4.69, 9.17) is 10.2 Å². The summed E-state index contributed by atoms with van der Waals surface area (Å²) in [6, 6.07) is 26.7. The minimum atomic E-state index is -1.14. The van der Waals surface area contributed by atoms with Crippen LogP contribution in [0.25, 0.3) is 0 Å². The zero-order chi connectivity index (χ0) is 28.1. The van der Waals surface area contributed by atoms with Gasteiger partial charge in [0.2, 0.25) is 5.91 Å². The number of benzene rings is 3. The van der Waals surface area contributed by atoms with Gasteiger partial charge in [-0.3, -0.25) is 9.69 Å². The van der Waals surface area contributed by atoms with Gasteiger partial charge in [0.1, 0.15) is 12.3 Å². The lowest BCUT2D eigenvalue weighted by Gasteiger charge is -2.42. The number of aromatic carboxylic acids is 1. The van der Waals surface area contributed by atoms with Gasteiger partial charge in [0.25, 0.3) is 0 Å². The molecule has 0 radical (unpaired) electrons. The molecule has 2 atom stereocenters. The second kappa shape index (κ2) is 11.9. The van der Waals surface area contributed by atoms with Crippen molar-refractivity contribution < 1.29 is 23.9 Å². The molecule has 1 aliphatic carbocycles. The largest absolute Gasteiger partial charge is 0.478 e. The van der Waals surface area contributed by atoms with Crippen molar-refractivity contribution in [2.24, 2.45) is 11.7 Å². The van der Waals surface area contributed by atoms with Crippen molar-refractivity contribution in [3.63, 3.8) is 0 Å². The van der Waals surface area contributed by atoms with E-state index in [0.29, 0.717) is 5.76 Å². The number of carboxylic acid groups (broad SMARTS) is 1. The molecule has 2 unspecified atom stereocenters. The van der Waals surface area contributed by atoms with Gasteiger partial charge in [0, 0.05) is 5.69 Å². The van der Waals surface area contributed by atoms with E-state index < -0.39 is 12.0 Å². The number of hydrogen-bond acceptors (Lipinski definition) is 4. The fourth-order valence-electron chi connectivity index (χ4n) is 5.60. The van der Waals surface area contributed by atoms with Crippen molar-refractivity contribution in [1.29, 1.82) is 0 Å². The van der Waals surface area contributed by atoms with Gasteiger partial charge in [-0.2, -0.15) is 0 Å². The van der Waals surface area contributed by atoms with Crippen LogP contribution < -0.4 is 10.6 Å². The van der Waals surface area contributed by atoms with Crippen molar-refractivity contribution in [2.45, 2.75) is 31.8 Å². The smallest absolute Gasteiger partial charge is 0.335 e. The van der Waals surface area contributed by atoms with E-state index in [1.807, 2.05) is 36.4 Å². The van der Waals surface area contributed by atoms with Gasteiger partial charge in [-0.05, 0) is 72.2 Å². The van der Waals surface area contributed by atoms with Crippen LogP contribution in [0.4, 0.5) is 10.5 Å². The first kappa shape index (κ1) is 26.7. The van der Waals surface area contributed by atoms with Gasteiger partial charge in [-0.15, -0.1) is 0 Å². The second-order valence-electron chi connectivity index (χ2n) is 10.0. The molecule has 0 bridgehead atoms. The molecule has 0 saturated carbocycles. The van der Waals surface area contributed by atoms with E-state index in [2.05, 4.69) is 24.3 Å². The number of hydrogen-bond donors (Lipinski definition) is 2. The lowest BCUT2D eigenvalue weighted by Crippen LogP contribution is -2.48. The number of anilines is 1. The number of carbonyl (C=O) groups excluding carboxylic acids is 2. The fourth-order valence-corrected chi connectivity index (χ4v) is 5.60. The fraction of sp³-hybridized carbons (Fsp3) is 0.219. The number of amides is 3. The molecule has 3 amide bonds. The number of rotatable bonds is 9. The van der Waals surface area contributed by atoms with Gasteiger partial charge in [0.15, 0.2) is 0 Å². The average molecular weight is 538 g/mol. The van der Waals surface area contributed by atoms with Gasteiger partial charge in [0.05, 0.1) is 24.4 Å². The number of nitrogens with two attached hydrogens (primary N) is 1. The number of urea groups is 1. The summed E-state index contributed by atoms with van der Waals surface area (Å²) in [6.45, 7) is -0.145. The Hall–Kier alpha value is -4.85. The molecule has 3 N–H and O–H groups in total. The number of nitrogens with zero attached hydrogens (tertiary/aromatic N) is 2. The Labute approximate surface area is 232 Å². The molecular formula is C32H31N3O5. The minimum Gasteiger partial charge on any atom is -0.478 e. The Morgan fingerprint density at radius 1 is 0.925 bits per heavy atom. The van der Waals surface area contributed by atoms with E-state index in [-0.39, 0.29) is 42.2 Å². The number of fused-ring (bicyclic) bond motifs is 1. The first-order chi connectivity index (χ1) is 19.4. The van der Waals surface area contributed by atoms with Gasteiger partial charge in [-0.1, -0.05) is 60.7 Å². The first-order valence-corrected chi connectivity index (χ1v) is 13.2. The van der Waals surface area contributed by atoms with Crippen LogP contribution in [0.15, 0.2) is 102 Å². The minimum absolute atomic E-state index is 0.00669. The van der Waals surface area contributed by atoms with Gasteiger partial charge >= 0.3 is 12.0 Å². The van der Waals surface area contributed by atoms with Crippen LogP contribution in [0.5, 0.6) is 0 Å². The molecule has 0 fully saturated rings. The molecule has 204 valence electrons. The van der Waals surface area contributed by atoms with Gasteiger partial charge in [-0.25, -0.2) is 9.59 Å². The normalized spacial score (nSPS) is 16.1. The molecular weight excluding hydrogens is 506 g/mol. The van der Waals surface area contributed by atoms with Crippen LogP contribution in [0.2, 0.25) is 0 Å². The van der Waals surface area contributed by atoms with Crippen LogP contribution in [0.3, 0.4) is 0 Å². The van der Waals surface area contributed by atoms with E-state index in [0.717, 1.165) is 29.7 Å². The summed E-state index contributed by atoms with van der Waals surface area (Å²) >= 11 is 0. The maximum absolute atomic E-state index is 14.2. The summed E-state index contributed by atoms with van der Waals surface area (Å²) in [5.74, 6) is -0.725. The Bertz CT molecular complexity index is 1490. The Balaban J connectivity index is 1.53. The van der Waals surface area contributed by atoms with Gasteiger partial charge < -0.3 is 20.2 Å². The Morgan fingerprint density at radius 2 is 1.70 bits per heavy atom. The van der Waals surface area contributed by atoms with E-state index in [1.165, 1.54) is 29.3 Å². The molecule has 1 aromatic heterocycles. The molecule has 4 aromatic rings. The summed E-state index contributed by atoms with van der Waals surface area (Å²) in [5, 5.41) is 9.44. The van der Waals surface area contributed by atoms with Crippen molar-refractivity contribution >= 4 is 23.6 Å². The monoisotopic (exact) mass is 537 g/mol. The summed E-state index contributed by atoms with van der Waals surface area (Å²) in [5.41, 5.74) is 9.40. The topological polar surface area (TPSA) is 117 Å². The van der Waals surface area contributed by atoms with Crippen molar-refractivity contribution in [3.8, 4) is 0 Å². The predicted octanol–water partition coefficient (Wildman–Crippen LogP) is 5.44. The highest BCUT2D eigenvalue weighted by Crippen LogP contribution is 2.41. The third kappa shape index (κ3) is 5.91. The lowest BCUT2D eigenvalue weighted by atomic mass is 9.76. The highest BCUT2D eigenvalue weighted by Gasteiger charge is 2.37. The molecule has 0 saturated heterocycles. The average Bonchev–Trinajstić information content (AvgIpc) is 3.48. The molecule has 1 aliphatic rings. The molecule has 8 heteroatoms. The number of primary amides is 1. The number of furan rings is 1. The van der Waals surface area contributed by atoms with Crippen molar-refractivity contribution in [2.75, 3.05) is 11.4 Å². The second-order valence-corrected chi connectivity index (χ2v) is 10.0. The standard InChI is InChI=1S/C32H31N3O5/c33-32(39)34(26-12-6-11-25(19-26)31(37)38)21-29(36)35(20-27-13-7-17-40-27)30-24(18-22-8-2-1-3-9-22)16-15-23-10-4-5-14-28(23)30/h1-14,17,19,24,30H,15-16,18,20-21H2,(H2,33,39)(H,37,38).